The van der Waals surface area contributed by atoms with Crippen molar-refractivity contribution in [2.45, 2.75) is 25.4 Å². The van der Waals surface area contributed by atoms with Crippen molar-refractivity contribution in [3.05, 3.63) is 66.0 Å². The van der Waals surface area contributed by atoms with E-state index in [1.54, 1.807) is 17.0 Å². The lowest BCUT2D eigenvalue weighted by Crippen LogP contribution is -2.44. The van der Waals surface area contributed by atoms with Gasteiger partial charge in [0.15, 0.2) is 0 Å². The maximum absolute atomic E-state index is 13.0. The summed E-state index contributed by atoms with van der Waals surface area (Å²) in [7, 11) is 0. The highest BCUT2D eigenvalue weighted by atomic mass is 19.1. The number of halogens is 1. The number of carbonyl (C=O) groups is 2. The van der Waals surface area contributed by atoms with E-state index in [-0.39, 0.29) is 36.3 Å². The third-order valence-electron chi connectivity index (χ3n) is 4.25. The maximum Gasteiger partial charge on any atom is 0.315 e. The molecule has 25 heavy (non-hydrogen) atoms. The van der Waals surface area contributed by atoms with Crippen LogP contribution in [-0.4, -0.2) is 24.5 Å². The fraction of sp³-hybridized carbons (Fsp3) is 0.263. The molecule has 0 bridgehead atoms. The van der Waals surface area contributed by atoms with Crippen LogP contribution in [0.3, 0.4) is 0 Å². The Morgan fingerprint density at radius 3 is 2.52 bits per heavy atom. The zero-order valence-electron chi connectivity index (χ0n) is 13.9. The van der Waals surface area contributed by atoms with E-state index in [4.69, 9.17) is 0 Å². The number of rotatable bonds is 4. The Labute approximate surface area is 145 Å². The number of carbonyl (C=O) groups excluding carboxylic acids is 2. The standard InChI is InChI=1S/C19H20FN3O2/c1-13(14-5-3-2-4-6-14)21-19(25)22-16-11-18(24)23(12-16)17-9-7-15(20)8-10-17/h2-10,13,16H,11-12H2,1H3,(H2,21,22,25)/t13-,16+/m1/s1. The summed E-state index contributed by atoms with van der Waals surface area (Å²) >= 11 is 0. The van der Waals surface area contributed by atoms with E-state index in [9.17, 15) is 14.0 Å². The Bertz CT molecular complexity index is 749. The van der Waals surface area contributed by atoms with E-state index < -0.39 is 0 Å². The highest BCUT2D eigenvalue weighted by Crippen LogP contribution is 2.22. The van der Waals surface area contributed by atoms with Gasteiger partial charge in [0.2, 0.25) is 5.91 Å². The van der Waals surface area contributed by atoms with E-state index in [0.717, 1.165) is 5.56 Å². The van der Waals surface area contributed by atoms with Crippen LogP contribution in [-0.2, 0) is 4.79 Å². The minimum Gasteiger partial charge on any atom is -0.333 e. The highest BCUT2D eigenvalue weighted by molar-refractivity contribution is 5.96. The number of urea groups is 1. The fourth-order valence-electron chi connectivity index (χ4n) is 2.92. The van der Waals surface area contributed by atoms with Crippen LogP contribution in [0.4, 0.5) is 14.9 Å². The molecule has 6 heteroatoms. The molecule has 2 N–H and O–H groups in total. The molecule has 0 aromatic heterocycles. The molecule has 2 atom stereocenters. The first-order valence-electron chi connectivity index (χ1n) is 8.21. The van der Waals surface area contributed by atoms with E-state index in [1.807, 2.05) is 37.3 Å². The first-order valence-corrected chi connectivity index (χ1v) is 8.21. The second-order valence-electron chi connectivity index (χ2n) is 6.13. The molecule has 0 spiro atoms. The number of nitrogens with one attached hydrogen (secondary N) is 2. The van der Waals surface area contributed by atoms with Crippen molar-refractivity contribution in [3.63, 3.8) is 0 Å². The SMILES string of the molecule is C[C@@H](NC(=O)N[C@H]1CC(=O)N(c2ccc(F)cc2)C1)c1ccccc1. The van der Waals surface area contributed by atoms with Gasteiger partial charge in [0.1, 0.15) is 5.82 Å². The van der Waals surface area contributed by atoms with Crippen molar-refractivity contribution in [2.75, 3.05) is 11.4 Å². The summed E-state index contributed by atoms with van der Waals surface area (Å²) in [6.45, 7) is 2.27. The molecule has 2 aromatic rings. The number of amides is 3. The molecule has 5 nitrogen and oxygen atoms in total. The van der Waals surface area contributed by atoms with Crippen LogP contribution in [0.15, 0.2) is 54.6 Å². The molecule has 0 radical (unpaired) electrons. The molecule has 0 saturated carbocycles. The van der Waals surface area contributed by atoms with E-state index in [1.165, 1.54) is 12.1 Å². The molecular formula is C19H20FN3O2. The molecule has 1 aliphatic heterocycles. The first-order chi connectivity index (χ1) is 12.0. The first kappa shape index (κ1) is 17.0. The Kier molecular flexibility index (Phi) is 4.97. The summed E-state index contributed by atoms with van der Waals surface area (Å²) in [4.78, 5) is 25.9. The van der Waals surface area contributed by atoms with Gasteiger partial charge in [-0.25, -0.2) is 9.18 Å². The summed E-state index contributed by atoms with van der Waals surface area (Å²) in [6, 6.07) is 14.7. The Hall–Kier alpha value is -2.89. The summed E-state index contributed by atoms with van der Waals surface area (Å²) in [5, 5.41) is 5.70. The van der Waals surface area contributed by atoms with Crippen LogP contribution in [0.5, 0.6) is 0 Å². The topological polar surface area (TPSA) is 61.4 Å². The average Bonchev–Trinajstić information content (AvgIpc) is 2.96. The molecule has 1 saturated heterocycles. The molecule has 2 aromatic carbocycles. The molecule has 1 aliphatic rings. The van der Waals surface area contributed by atoms with Gasteiger partial charge in [-0.05, 0) is 36.8 Å². The fourth-order valence-corrected chi connectivity index (χ4v) is 2.92. The van der Waals surface area contributed by atoms with Crippen molar-refractivity contribution >= 4 is 17.6 Å². The van der Waals surface area contributed by atoms with Crippen LogP contribution in [0, 0.1) is 5.82 Å². The van der Waals surface area contributed by atoms with Crippen molar-refractivity contribution in [2.24, 2.45) is 0 Å². The molecular weight excluding hydrogens is 321 g/mol. The Morgan fingerprint density at radius 2 is 1.84 bits per heavy atom. The molecule has 1 heterocycles. The van der Waals surface area contributed by atoms with Gasteiger partial charge < -0.3 is 15.5 Å². The second kappa shape index (κ2) is 7.34. The van der Waals surface area contributed by atoms with Gasteiger partial charge in [-0.1, -0.05) is 30.3 Å². The van der Waals surface area contributed by atoms with Crippen molar-refractivity contribution in [3.8, 4) is 0 Å². The van der Waals surface area contributed by atoms with Crippen molar-refractivity contribution in [1.29, 1.82) is 0 Å². The average molecular weight is 341 g/mol. The van der Waals surface area contributed by atoms with Gasteiger partial charge in [-0.3, -0.25) is 4.79 Å². The zero-order chi connectivity index (χ0) is 17.8. The largest absolute Gasteiger partial charge is 0.333 e. The lowest BCUT2D eigenvalue weighted by Gasteiger charge is -2.19. The van der Waals surface area contributed by atoms with Crippen LogP contribution < -0.4 is 15.5 Å². The zero-order valence-corrected chi connectivity index (χ0v) is 13.9. The highest BCUT2D eigenvalue weighted by Gasteiger charge is 2.31. The van der Waals surface area contributed by atoms with Crippen molar-refractivity contribution < 1.29 is 14.0 Å². The summed E-state index contributed by atoms with van der Waals surface area (Å²) in [5.41, 5.74) is 1.64. The molecule has 3 amide bonds. The lowest BCUT2D eigenvalue weighted by atomic mass is 10.1. The van der Waals surface area contributed by atoms with Crippen LogP contribution in [0.2, 0.25) is 0 Å². The minimum atomic E-state index is -0.348. The van der Waals surface area contributed by atoms with Gasteiger partial charge in [0, 0.05) is 18.7 Å². The van der Waals surface area contributed by atoms with Gasteiger partial charge in [-0.15, -0.1) is 0 Å². The third-order valence-corrected chi connectivity index (χ3v) is 4.25. The van der Waals surface area contributed by atoms with Crippen molar-refractivity contribution in [1.82, 2.24) is 10.6 Å². The maximum atomic E-state index is 13.0. The molecule has 3 rings (SSSR count). The van der Waals surface area contributed by atoms with Gasteiger partial charge in [0.05, 0.1) is 12.1 Å². The van der Waals surface area contributed by atoms with Gasteiger partial charge >= 0.3 is 6.03 Å². The monoisotopic (exact) mass is 341 g/mol. The van der Waals surface area contributed by atoms with E-state index in [0.29, 0.717) is 12.2 Å². The number of anilines is 1. The minimum absolute atomic E-state index is 0.0898. The summed E-state index contributed by atoms with van der Waals surface area (Å²) in [6.07, 6.45) is 0.227. The number of nitrogens with zero attached hydrogens (tertiary/aromatic N) is 1. The molecule has 1 fully saturated rings. The van der Waals surface area contributed by atoms with Crippen LogP contribution >= 0.6 is 0 Å². The van der Waals surface area contributed by atoms with Gasteiger partial charge in [0.25, 0.3) is 0 Å². The predicted molar refractivity (Wildman–Crippen MR) is 93.7 cm³/mol. The third kappa shape index (κ3) is 4.15. The Balaban J connectivity index is 1.56. The number of hydrogen-bond acceptors (Lipinski definition) is 2. The normalized spacial score (nSPS) is 18.1. The molecule has 130 valence electrons. The number of hydrogen-bond donors (Lipinski definition) is 2. The van der Waals surface area contributed by atoms with E-state index >= 15 is 0 Å². The predicted octanol–water partition coefficient (Wildman–Crippen LogP) is 2.99. The van der Waals surface area contributed by atoms with Gasteiger partial charge in [-0.2, -0.15) is 0 Å². The number of benzene rings is 2. The smallest absolute Gasteiger partial charge is 0.315 e. The molecule has 0 unspecified atom stereocenters. The quantitative estimate of drug-likeness (QED) is 0.898. The lowest BCUT2D eigenvalue weighted by molar-refractivity contribution is -0.117. The van der Waals surface area contributed by atoms with E-state index in [2.05, 4.69) is 10.6 Å². The van der Waals surface area contributed by atoms with Crippen LogP contribution in [0.1, 0.15) is 24.9 Å². The van der Waals surface area contributed by atoms with Crippen LogP contribution in [0.25, 0.3) is 0 Å². The molecule has 0 aliphatic carbocycles. The second-order valence-corrected chi connectivity index (χ2v) is 6.13. The Morgan fingerprint density at radius 1 is 1.16 bits per heavy atom. The summed E-state index contributed by atoms with van der Waals surface area (Å²) in [5.74, 6) is -0.438. The summed E-state index contributed by atoms with van der Waals surface area (Å²) < 4.78 is 13.0.